The van der Waals surface area contributed by atoms with Gasteiger partial charge in [0.05, 0.1) is 18.8 Å². The number of sulfonamides is 1. The Morgan fingerprint density at radius 2 is 2.05 bits per heavy atom. The summed E-state index contributed by atoms with van der Waals surface area (Å²) in [6.45, 7) is -0.0841. The van der Waals surface area contributed by atoms with Gasteiger partial charge in [-0.3, -0.25) is 0 Å². The van der Waals surface area contributed by atoms with E-state index in [9.17, 15) is 13.5 Å². The van der Waals surface area contributed by atoms with Gasteiger partial charge in [0.25, 0.3) is 0 Å². The van der Waals surface area contributed by atoms with Crippen molar-refractivity contribution >= 4 is 26.5 Å². The molecule has 4 N–H and O–H groups in total. The third-order valence-corrected chi connectivity index (χ3v) is 4.97. The molecule has 108 valence electrons. The molecule has 2 rings (SSSR count). The van der Waals surface area contributed by atoms with Gasteiger partial charge >= 0.3 is 0 Å². The van der Waals surface area contributed by atoms with Gasteiger partial charge in [-0.2, -0.15) is 0 Å². The van der Waals surface area contributed by atoms with Gasteiger partial charge in [0, 0.05) is 0 Å². The topological polar surface area (TPSA) is 105 Å². The standard InChI is InChI=1S/C12H15N3O3S2/c13-20(17,18)11-7-14-12(19-11)15-10(8-16)6-9-4-2-1-3-5-9/h1-5,7,10,16H,6,8H2,(H,14,15)(H2,13,17,18)/t10-/m0/s1. The summed E-state index contributed by atoms with van der Waals surface area (Å²) in [4.78, 5) is 3.95. The molecule has 0 saturated carbocycles. The van der Waals surface area contributed by atoms with Crippen molar-refractivity contribution in [2.75, 3.05) is 11.9 Å². The Morgan fingerprint density at radius 3 is 2.60 bits per heavy atom. The molecule has 1 atom stereocenters. The number of anilines is 1. The maximum atomic E-state index is 11.2. The average Bonchev–Trinajstić information content (AvgIpc) is 2.87. The largest absolute Gasteiger partial charge is 0.394 e. The van der Waals surface area contributed by atoms with Gasteiger partial charge in [-0.1, -0.05) is 41.7 Å². The molecule has 0 aliphatic carbocycles. The first-order valence-electron chi connectivity index (χ1n) is 5.89. The maximum Gasteiger partial charge on any atom is 0.249 e. The number of benzene rings is 1. The first-order chi connectivity index (χ1) is 9.49. The van der Waals surface area contributed by atoms with E-state index in [1.807, 2.05) is 30.3 Å². The van der Waals surface area contributed by atoms with Crippen LogP contribution in [0.1, 0.15) is 5.56 Å². The molecule has 6 nitrogen and oxygen atoms in total. The number of nitrogens with zero attached hydrogens (tertiary/aromatic N) is 1. The highest BCUT2D eigenvalue weighted by atomic mass is 32.2. The van der Waals surface area contributed by atoms with Gasteiger partial charge in [-0.05, 0) is 12.0 Å². The van der Waals surface area contributed by atoms with Crippen LogP contribution in [0, 0.1) is 0 Å². The van der Waals surface area contributed by atoms with Crippen molar-refractivity contribution < 1.29 is 13.5 Å². The molecule has 0 bridgehead atoms. The number of rotatable bonds is 6. The van der Waals surface area contributed by atoms with E-state index in [1.54, 1.807) is 0 Å². The van der Waals surface area contributed by atoms with Crippen molar-refractivity contribution in [3.8, 4) is 0 Å². The zero-order valence-corrected chi connectivity index (χ0v) is 12.2. The lowest BCUT2D eigenvalue weighted by molar-refractivity contribution is 0.273. The molecular formula is C12H15N3O3S2. The predicted octanol–water partition coefficient (Wildman–Crippen LogP) is 0.806. The van der Waals surface area contributed by atoms with Crippen LogP contribution in [0.15, 0.2) is 40.7 Å². The van der Waals surface area contributed by atoms with Crippen molar-refractivity contribution in [2.45, 2.75) is 16.7 Å². The Bertz CT molecular complexity index is 656. The van der Waals surface area contributed by atoms with Crippen LogP contribution in [0.5, 0.6) is 0 Å². The molecule has 0 amide bonds. The highest BCUT2D eigenvalue weighted by Gasteiger charge is 2.15. The second-order valence-corrected chi connectivity index (χ2v) is 7.06. The number of aliphatic hydroxyl groups excluding tert-OH is 1. The van der Waals surface area contributed by atoms with Gasteiger partial charge < -0.3 is 10.4 Å². The fraction of sp³-hybridized carbons (Fsp3) is 0.250. The Kier molecular flexibility index (Phi) is 4.71. The number of aliphatic hydroxyl groups is 1. The number of nitrogens with two attached hydrogens (primary N) is 1. The molecule has 0 spiro atoms. The Hall–Kier alpha value is -1.48. The number of aromatic nitrogens is 1. The zero-order chi connectivity index (χ0) is 14.6. The first kappa shape index (κ1) is 14.9. The van der Waals surface area contributed by atoms with E-state index < -0.39 is 10.0 Å². The van der Waals surface area contributed by atoms with Crippen LogP contribution >= 0.6 is 11.3 Å². The monoisotopic (exact) mass is 313 g/mol. The molecule has 2 aromatic rings. The summed E-state index contributed by atoms with van der Waals surface area (Å²) >= 11 is 0.948. The number of primary sulfonamides is 1. The summed E-state index contributed by atoms with van der Waals surface area (Å²) < 4.78 is 22.3. The first-order valence-corrected chi connectivity index (χ1v) is 8.25. The van der Waals surface area contributed by atoms with Crippen molar-refractivity contribution in [1.82, 2.24) is 4.98 Å². The normalized spacial score (nSPS) is 13.1. The van der Waals surface area contributed by atoms with E-state index in [4.69, 9.17) is 5.14 Å². The van der Waals surface area contributed by atoms with Crippen LogP contribution < -0.4 is 10.5 Å². The summed E-state index contributed by atoms with van der Waals surface area (Å²) in [5.41, 5.74) is 1.07. The molecule has 0 fully saturated rings. The highest BCUT2D eigenvalue weighted by Crippen LogP contribution is 2.22. The molecule has 1 aromatic heterocycles. The van der Waals surface area contributed by atoms with E-state index in [-0.39, 0.29) is 16.9 Å². The van der Waals surface area contributed by atoms with Gasteiger partial charge in [0.15, 0.2) is 9.34 Å². The fourth-order valence-corrected chi connectivity index (χ4v) is 3.22. The smallest absolute Gasteiger partial charge is 0.249 e. The third kappa shape index (κ3) is 4.01. The van der Waals surface area contributed by atoms with Crippen LogP contribution in [0.2, 0.25) is 0 Å². The molecular weight excluding hydrogens is 298 g/mol. The minimum atomic E-state index is -3.73. The van der Waals surface area contributed by atoms with Crippen LogP contribution in [-0.4, -0.2) is 31.2 Å². The summed E-state index contributed by atoms with van der Waals surface area (Å²) in [6.07, 6.45) is 1.82. The molecule has 0 radical (unpaired) electrons. The summed E-state index contributed by atoms with van der Waals surface area (Å²) in [6, 6.07) is 9.45. The molecule has 20 heavy (non-hydrogen) atoms. The van der Waals surface area contributed by atoms with Gasteiger partial charge in [0.1, 0.15) is 0 Å². The lowest BCUT2D eigenvalue weighted by Crippen LogP contribution is -2.26. The summed E-state index contributed by atoms with van der Waals surface area (Å²) in [7, 11) is -3.73. The molecule has 1 heterocycles. The SMILES string of the molecule is NS(=O)(=O)c1cnc(N[C@H](CO)Cc2ccccc2)s1. The highest BCUT2D eigenvalue weighted by molar-refractivity contribution is 7.91. The number of nitrogens with one attached hydrogen (secondary N) is 1. The molecule has 0 aliphatic rings. The summed E-state index contributed by atoms with van der Waals surface area (Å²) in [5.74, 6) is 0. The second kappa shape index (κ2) is 6.31. The maximum absolute atomic E-state index is 11.2. The molecule has 1 aromatic carbocycles. The molecule has 0 unspecified atom stereocenters. The van der Waals surface area contributed by atoms with Crippen LogP contribution in [0.4, 0.5) is 5.13 Å². The fourth-order valence-electron chi connectivity index (χ4n) is 1.69. The zero-order valence-electron chi connectivity index (χ0n) is 10.6. The Morgan fingerprint density at radius 1 is 1.35 bits per heavy atom. The van der Waals surface area contributed by atoms with E-state index in [1.165, 1.54) is 6.20 Å². The van der Waals surface area contributed by atoms with Crippen LogP contribution in [0.25, 0.3) is 0 Å². The van der Waals surface area contributed by atoms with E-state index >= 15 is 0 Å². The average molecular weight is 313 g/mol. The minimum Gasteiger partial charge on any atom is -0.394 e. The minimum absolute atomic E-state index is 0.00333. The van der Waals surface area contributed by atoms with Gasteiger partial charge in [-0.25, -0.2) is 18.5 Å². The lowest BCUT2D eigenvalue weighted by atomic mass is 10.1. The van der Waals surface area contributed by atoms with Crippen molar-refractivity contribution in [2.24, 2.45) is 5.14 Å². The van der Waals surface area contributed by atoms with Crippen molar-refractivity contribution in [3.63, 3.8) is 0 Å². The quantitative estimate of drug-likeness (QED) is 0.732. The predicted molar refractivity (Wildman–Crippen MR) is 78.1 cm³/mol. The van der Waals surface area contributed by atoms with Crippen molar-refractivity contribution in [1.29, 1.82) is 0 Å². The molecule has 0 aliphatic heterocycles. The van der Waals surface area contributed by atoms with E-state index in [2.05, 4.69) is 10.3 Å². The van der Waals surface area contributed by atoms with Crippen LogP contribution in [0.3, 0.4) is 0 Å². The van der Waals surface area contributed by atoms with Gasteiger partial charge in [0.2, 0.25) is 10.0 Å². The Labute approximate surface area is 121 Å². The second-order valence-electron chi connectivity index (χ2n) is 4.24. The number of hydrogen-bond acceptors (Lipinski definition) is 6. The van der Waals surface area contributed by atoms with E-state index in [0.29, 0.717) is 11.6 Å². The molecule has 8 heteroatoms. The molecule has 0 saturated heterocycles. The van der Waals surface area contributed by atoms with E-state index in [0.717, 1.165) is 16.9 Å². The van der Waals surface area contributed by atoms with Gasteiger partial charge in [-0.15, -0.1) is 0 Å². The lowest BCUT2D eigenvalue weighted by Gasteiger charge is -2.15. The Balaban J connectivity index is 2.05. The van der Waals surface area contributed by atoms with Crippen molar-refractivity contribution in [3.05, 3.63) is 42.1 Å². The number of thiazole rings is 1. The number of hydrogen-bond donors (Lipinski definition) is 3. The summed E-state index contributed by atoms with van der Waals surface area (Å²) in [5, 5.41) is 17.8. The van der Waals surface area contributed by atoms with Crippen LogP contribution in [-0.2, 0) is 16.4 Å². The third-order valence-electron chi connectivity index (χ3n) is 2.64.